The molecule has 3 atom stereocenters. The van der Waals surface area contributed by atoms with Crippen LogP contribution in [0.1, 0.15) is 38.2 Å². The number of carbonyl (C=O) groups excluding carboxylic acids is 1. The third-order valence-corrected chi connectivity index (χ3v) is 4.59. The van der Waals surface area contributed by atoms with Crippen LogP contribution in [0.25, 0.3) is 0 Å². The predicted octanol–water partition coefficient (Wildman–Crippen LogP) is 3.34. The molecule has 0 bridgehead atoms. The van der Waals surface area contributed by atoms with Gasteiger partial charge in [-0.2, -0.15) is 0 Å². The minimum atomic E-state index is 0. The van der Waals surface area contributed by atoms with E-state index in [1.165, 1.54) is 0 Å². The molecule has 0 unspecified atom stereocenters. The first-order valence-electron chi connectivity index (χ1n) is 8.49. The van der Waals surface area contributed by atoms with Crippen LogP contribution >= 0.6 is 24.0 Å². The van der Waals surface area contributed by atoms with Crippen molar-refractivity contribution in [1.82, 2.24) is 5.32 Å². The normalized spacial score (nSPS) is 23.4. The molecule has 136 valence electrons. The van der Waals surface area contributed by atoms with Crippen molar-refractivity contribution in [3.63, 3.8) is 0 Å². The highest BCUT2D eigenvalue weighted by Gasteiger charge is 2.32. The number of hydrogen-bond acceptors (Lipinski definition) is 3. The fraction of sp³-hybridized carbons (Fsp3) is 0.611. The lowest BCUT2D eigenvalue weighted by atomic mass is 9.83. The summed E-state index contributed by atoms with van der Waals surface area (Å²) >= 11 is 5.97. The molecule has 3 N–H and O–H groups in total. The first-order valence-corrected chi connectivity index (χ1v) is 8.87. The van der Waals surface area contributed by atoms with Gasteiger partial charge in [0.05, 0.1) is 6.10 Å². The molecule has 1 fully saturated rings. The van der Waals surface area contributed by atoms with Gasteiger partial charge >= 0.3 is 0 Å². The lowest BCUT2D eigenvalue weighted by Crippen LogP contribution is -2.46. The molecule has 0 saturated heterocycles. The number of hydrogen-bond donors (Lipinski definition) is 2. The second kappa shape index (κ2) is 10.9. The van der Waals surface area contributed by atoms with Gasteiger partial charge in [-0.25, -0.2) is 0 Å². The standard InChI is InChI=1S/C18H27ClN2O2.ClH/c1-2-10-23-17-12-14(6-7-16(17)20)18(22)21-9-8-13-4-3-5-15(19)11-13;/h3-5,11,14,16-17H,2,6-10,12,20H2,1H3,(H,21,22);1H/t14-,16+,17+;/m0./s1. The minimum absolute atomic E-state index is 0. The van der Waals surface area contributed by atoms with E-state index >= 15 is 0 Å². The van der Waals surface area contributed by atoms with Gasteiger partial charge < -0.3 is 15.8 Å². The van der Waals surface area contributed by atoms with Gasteiger partial charge in [0.1, 0.15) is 0 Å². The van der Waals surface area contributed by atoms with Gasteiger partial charge in [0, 0.05) is 30.1 Å². The minimum Gasteiger partial charge on any atom is -0.377 e. The number of nitrogens with two attached hydrogens (primary N) is 1. The van der Waals surface area contributed by atoms with E-state index in [1.807, 2.05) is 24.3 Å². The van der Waals surface area contributed by atoms with Crippen LogP contribution in [0, 0.1) is 5.92 Å². The molecule has 4 nitrogen and oxygen atoms in total. The molecule has 1 aliphatic rings. The van der Waals surface area contributed by atoms with Gasteiger partial charge in [-0.15, -0.1) is 12.4 Å². The van der Waals surface area contributed by atoms with Crippen LogP contribution in [0.3, 0.4) is 0 Å². The molecule has 2 rings (SSSR count). The van der Waals surface area contributed by atoms with Crippen molar-refractivity contribution in [2.75, 3.05) is 13.2 Å². The Morgan fingerprint density at radius 3 is 2.92 bits per heavy atom. The summed E-state index contributed by atoms with van der Waals surface area (Å²) in [6.45, 7) is 3.41. The van der Waals surface area contributed by atoms with Crippen LogP contribution in [0.5, 0.6) is 0 Å². The number of nitrogens with one attached hydrogen (secondary N) is 1. The molecule has 0 spiro atoms. The van der Waals surface area contributed by atoms with Crippen LogP contribution in [-0.2, 0) is 16.0 Å². The molecular weight excluding hydrogens is 347 g/mol. The van der Waals surface area contributed by atoms with E-state index < -0.39 is 0 Å². The average Bonchev–Trinajstić information content (AvgIpc) is 2.54. The monoisotopic (exact) mass is 374 g/mol. The van der Waals surface area contributed by atoms with Gasteiger partial charge in [0.25, 0.3) is 0 Å². The van der Waals surface area contributed by atoms with E-state index in [1.54, 1.807) is 0 Å². The molecule has 1 aromatic carbocycles. The zero-order valence-corrected chi connectivity index (χ0v) is 15.7. The lowest BCUT2D eigenvalue weighted by Gasteiger charge is -2.33. The smallest absolute Gasteiger partial charge is 0.223 e. The van der Waals surface area contributed by atoms with Crippen molar-refractivity contribution < 1.29 is 9.53 Å². The molecular formula is C18H28Cl2N2O2. The molecule has 0 radical (unpaired) electrons. The summed E-state index contributed by atoms with van der Waals surface area (Å²) in [6.07, 6.45) is 4.18. The zero-order chi connectivity index (χ0) is 16.7. The maximum atomic E-state index is 12.3. The van der Waals surface area contributed by atoms with Crippen LogP contribution in [0.15, 0.2) is 24.3 Å². The second-order valence-corrected chi connectivity index (χ2v) is 6.69. The van der Waals surface area contributed by atoms with Gasteiger partial charge in [0.2, 0.25) is 5.91 Å². The number of ether oxygens (including phenoxy) is 1. The third-order valence-electron chi connectivity index (χ3n) is 4.35. The summed E-state index contributed by atoms with van der Waals surface area (Å²) in [5.74, 6) is 0.125. The van der Waals surface area contributed by atoms with Crippen molar-refractivity contribution in [2.24, 2.45) is 11.7 Å². The van der Waals surface area contributed by atoms with E-state index in [2.05, 4.69) is 12.2 Å². The van der Waals surface area contributed by atoms with Crippen molar-refractivity contribution >= 4 is 29.9 Å². The molecule has 1 aromatic rings. The topological polar surface area (TPSA) is 64.3 Å². The Balaban J connectivity index is 0.00000288. The Hall–Kier alpha value is -0.810. The quantitative estimate of drug-likeness (QED) is 0.768. The maximum absolute atomic E-state index is 12.3. The van der Waals surface area contributed by atoms with E-state index in [0.29, 0.717) is 13.2 Å². The second-order valence-electron chi connectivity index (χ2n) is 6.25. The van der Waals surface area contributed by atoms with Crippen molar-refractivity contribution in [1.29, 1.82) is 0 Å². The number of rotatable bonds is 7. The number of benzene rings is 1. The largest absolute Gasteiger partial charge is 0.377 e. The molecule has 24 heavy (non-hydrogen) atoms. The zero-order valence-electron chi connectivity index (χ0n) is 14.2. The van der Waals surface area contributed by atoms with Crippen LogP contribution in [0.4, 0.5) is 0 Å². The SMILES string of the molecule is CCCO[C@@H]1C[C@@H](C(=O)NCCc2cccc(Cl)c2)CC[C@H]1N.Cl. The highest BCUT2D eigenvalue weighted by atomic mass is 35.5. The molecule has 0 heterocycles. The summed E-state index contributed by atoms with van der Waals surface area (Å²) < 4.78 is 5.79. The summed E-state index contributed by atoms with van der Waals surface area (Å²) in [7, 11) is 0. The lowest BCUT2D eigenvalue weighted by molar-refractivity contribution is -0.128. The molecule has 6 heteroatoms. The van der Waals surface area contributed by atoms with E-state index in [-0.39, 0.29) is 36.4 Å². The van der Waals surface area contributed by atoms with Gasteiger partial charge in [0.15, 0.2) is 0 Å². The van der Waals surface area contributed by atoms with E-state index in [0.717, 1.165) is 42.7 Å². The summed E-state index contributed by atoms with van der Waals surface area (Å²) in [5.41, 5.74) is 7.24. The first kappa shape index (κ1) is 21.2. The van der Waals surface area contributed by atoms with Crippen molar-refractivity contribution in [3.8, 4) is 0 Å². The fourth-order valence-electron chi connectivity index (χ4n) is 3.02. The van der Waals surface area contributed by atoms with E-state index in [4.69, 9.17) is 22.1 Å². The van der Waals surface area contributed by atoms with Gasteiger partial charge in [-0.05, 0) is 49.8 Å². The summed E-state index contributed by atoms with van der Waals surface area (Å²) in [4.78, 5) is 12.3. The molecule has 0 aromatic heterocycles. The maximum Gasteiger partial charge on any atom is 0.223 e. The van der Waals surface area contributed by atoms with Crippen LogP contribution < -0.4 is 11.1 Å². The average molecular weight is 375 g/mol. The third kappa shape index (κ3) is 6.60. The van der Waals surface area contributed by atoms with Crippen molar-refractivity contribution in [3.05, 3.63) is 34.9 Å². The number of carbonyl (C=O) groups is 1. The van der Waals surface area contributed by atoms with Gasteiger partial charge in [-0.3, -0.25) is 4.79 Å². The molecule has 0 aliphatic heterocycles. The van der Waals surface area contributed by atoms with Crippen LogP contribution in [-0.4, -0.2) is 31.2 Å². The Bertz CT molecular complexity index is 514. The summed E-state index contributed by atoms with van der Waals surface area (Å²) in [6, 6.07) is 7.79. The molecule has 1 saturated carbocycles. The summed E-state index contributed by atoms with van der Waals surface area (Å²) in [5, 5.41) is 3.76. The molecule has 1 amide bonds. The number of amides is 1. The fourth-order valence-corrected chi connectivity index (χ4v) is 3.23. The van der Waals surface area contributed by atoms with E-state index in [9.17, 15) is 4.79 Å². The Morgan fingerprint density at radius 1 is 1.42 bits per heavy atom. The Morgan fingerprint density at radius 2 is 2.21 bits per heavy atom. The van der Waals surface area contributed by atoms with Gasteiger partial charge in [-0.1, -0.05) is 30.7 Å². The Kier molecular flexibility index (Phi) is 9.67. The van der Waals surface area contributed by atoms with Crippen molar-refractivity contribution in [2.45, 2.75) is 51.2 Å². The first-order chi connectivity index (χ1) is 11.1. The molecule has 1 aliphatic carbocycles. The highest BCUT2D eigenvalue weighted by molar-refractivity contribution is 6.30. The van der Waals surface area contributed by atoms with Crippen LogP contribution in [0.2, 0.25) is 5.02 Å². The number of halogens is 2. The highest BCUT2D eigenvalue weighted by Crippen LogP contribution is 2.26. The Labute approximate surface area is 155 Å². The predicted molar refractivity (Wildman–Crippen MR) is 101 cm³/mol.